The van der Waals surface area contributed by atoms with Gasteiger partial charge in [0.15, 0.2) is 5.82 Å². The number of benzene rings is 2. The average Bonchev–Trinajstić information content (AvgIpc) is 3.58. The van der Waals surface area contributed by atoms with Gasteiger partial charge in [0.05, 0.1) is 40.2 Å². The van der Waals surface area contributed by atoms with E-state index in [0.29, 0.717) is 45.8 Å². The molecule has 39 heavy (non-hydrogen) atoms. The molecule has 0 spiro atoms. The van der Waals surface area contributed by atoms with E-state index >= 15 is 4.39 Å². The highest BCUT2D eigenvalue weighted by Crippen LogP contribution is 2.35. The molecule has 4 heterocycles. The molecule has 12 heteroatoms. The number of fused-ring (bicyclic) bond motifs is 2. The number of carbonyl (C=O) groups is 1. The molecule has 0 aliphatic carbocycles. The number of nitrogens with zero attached hydrogens (tertiary/aromatic N) is 7. The number of carboxylic acid groups (broad SMARTS) is 1. The molecule has 0 radical (unpaired) electrons. The molecule has 0 bridgehead atoms. The fourth-order valence-corrected chi connectivity index (χ4v) is 5.46. The highest BCUT2D eigenvalue weighted by atomic mass is 19.1. The Balaban J connectivity index is 1.60. The fourth-order valence-electron chi connectivity index (χ4n) is 5.46. The lowest BCUT2D eigenvalue weighted by Crippen LogP contribution is -2.38. The third kappa shape index (κ3) is 3.58. The molecule has 1 atom stereocenters. The molecule has 0 saturated carbocycles. The summed E-state index contributed by atoms with van der Waals surface area (Å²) in [6.45, 7) is 5.27. The highest BCUT2D eigenvalue weighted by Gasteiger charge is 2.35. The average molecular weight is 534 g/mol. The normalized spacial score (nSPS) is 15.2. The van der Waals surface area contributed by atoms with Gasteiger partial charge in [0.25, 0.3) is 0 Å². The summed E-state index contributed by atoms with van der Waals surface area (Å²) in [4.78, 5) is 27.1. The Morgan fingerprint density at radius 3 is 2.46 bits per heavy atom. The molecule has 3 aromatic heterocycles. The van der Waals surface area contributed by atoms with Gasteiger partial charge in [-0.3, -0.25) is 13.8 Å². The molecule has 1 aliphatic heterocycles. The minimum Gasteiger partial charge on any atom is -0.465 e. The van der Waals surface area contributed by atoms with Gasteiger partial charge >= 0.3 is 11.8 Å². The van der Waals surface area contributed by atoms with E-state index in [1.165, 1.54) is 38.7 Å². The van der Waals surface area contributed by atoms with E-state index in [9.17, 15) is 19.1 Å². The maximum atomic E-state index is 15.5. The molecule has 0 saturated heterocycles. The van der Waals surface area contributed by atoms with Crippen molar-refractivity contribution in [3.8, 4) is 17.2 Å². The van der Waals surface area contributed by atoms with Crippen LogP contribution in [0.1, 0.15) is 35.3 Å². The molecular formula is C27H25F2N7O3. The number of amides is 1. The van der Waals surface area contributed by atoms with Crippen molar-refractivity contribution in [2.75, 3.05) is 6.54 Å². The van der Waals surface area contributed by atoms with Crippen LogP contribution in [0.3, 0.4) is 0 Å². The molecule has 6 rings (SSSR count). The molecule has 5 aromatic rings. The van der Waals surface area contributed by atoms with E-state index in [-0.39, 0.29) is 23.4 Å². The van der Waals surface area contributed by atoms with E-state index < -0.39 is 23.6 Å². The molecule has 0 fully saturated rings. The Kier molecular flexibility index (Phi) is 5.45. The van der Waals surface area contributed by atoms with E-state index in [4.69, 9.17) is 5.10 Å². The Morgan fingerprint density at radius 1 is 1.08 bits per heavy atom. The van der Waals surface area contributed by atoms with Crippen LogP contribution in [0, 0.1) is 25.5 Å². The van der Waals surface area contributed by atoms with Crippen molar-refractivity contribution < 1.29 is 18.7 Å². The lowest BCUT2D eigenvalue weighted by Gasteiger charge is -2.31. The van der Waals surface area contributed by atoms with Crippen molar-refractivity contribution in [2.24, 2.45) is 7.05 Å². The number of hydrogen-bond acceptors (Lipinski definition) is 4. The summed E-state index contributed by atoms with van der Waals surface area (Å²) in [6, 6.07) is 5.84. The Labute approximate surface area is 220 Å². The van der Waals surface area contributed by atoms with Crippen molar-refractivity contribution >= 4 is 17.0 Å². The zero-order valence-corrected chi connectivity index (χ0v) is 21.7. The van der Waals surface area contributed by atoms with Gasteiger partial charge in [-0.2, -0.15) is 10.2 Å². The van der Waals surface area contributed by atoms with Gasteiger partial charge in [0, 0.05) is 38.0 Å². The lowest BCUT2D eigenvalue weighted by atomic mass is 10.00. The minimum absolute atomic E-state index is 0.0489. The van der Waals surface area contributed by atoms with Crippen LogP contribution in [0.25, 0.3) is 28.1 Å². The van der Waals surface area contributed by atoms with Crippen molar-refractivity contribution in [3.63, 3.8) is 0 Å². The molecule has 0 unspecified atom stereocenters. The van der Waals surface area contributed by atoms with Crippen molar-refractivity contribution in [1.29, 1.82) is 0 Å². The fraction of sp³-hybridized carbons (Fsp3) is 0.259. The topological polar surface area (TPSA) is 103 Å². The summed E-state index contributed by atoms with van der Waals surface area (Å²) in [5.74, 6) is -0.612. The Bertz CT molecular complexity index is 1840. The lowest BCUT2D eigenvalue weighted by molar-refractivity contribution is 0.124. The number of halogens is 2. The summed E-state index contributed by atoms with van der Waals surface area (Å²) < 4.78 is 35.6. The van der Waals surface area contributed by atoms with Gasteiger partial charge in [0.2, 0.25) is 0 Å². The second-order valence-corrected chi connectivity index (χ2v) is 9.81. The standard InChI is InChI=1S/C27H25F2N7O3/c1-14-11-17(12-15(2)23(14)28)36-25(22-16(3)33(27(38)39)8-7-19(22)31-36)35-10-9-34(26(35)37)21-6-5-20-18(24(21)29)13-30-32(20)4/h5-6,9-13,16H,7-8H2,1-4H3,(H,38,39)/t16-/m0/s1. The molecule has 1 N–H and O–H groups in total. The van der Waals surface area contributed by atoms with Crippen LogP contribution >= 0.6 is 0 Å². The first-order chi connectivity index (χ1) is 18.6. The second kappa shape index (κ2) is 8.65. The van der Waals surface area contributed by atoms with Crippen LogP contribution in [0.15, 0.2) is 47.7 Å². The number of rotatable bonds is 3. The molecule has 1 amide bonds. The summed E-state index contributed by atoms with van der Waals surface area (Å²) in [6.07, 6.45) is 3.61. The van der Waals surface area contributed by atoms with Crippen LogP contribution in [0.2, 0.25) is 0 Å². The van der Waals surface area contributed by atoms with Gasteiger partial charge in [0.1, 0.15) is 11.6 Å². The van der Waals surface area contributed by atoms with Crippen LogP contribution in [-0.2, 0) is 13.5 Å². The van der Waals surface area contributed by atoms with Crippen LogP contribution < -0.4 is 5.69 Å². The van der Waals surface area contributed by atoms with Crippen LogP contribution in [-0.4, -0.2) is 51.3 Å². The summed E-state index contributed by atoms with van der Waals surface area (Å²) >= 11 is 0. The van der Waals surface area contributed by atoms with Crippen molar-refractivity contribution in [1.82, 2.24) is 33.6 Å². The molecule has 10 nitrogen and oxygen atoms in total. The predicted octanol–water partition coefficient (Wildman–Crippen LogP) is 4.19. The highest BCUT2D eigenvalue weighted by molar-refractivity contribution is 5.81. The summed E-state index contributed by atoms with van der Waals surface area (Å²) in [7, 11) is 1.70. The molecule has 200 valence electrons. The predicted molar refractivity (Wildman–Crippen MR) is 139 cm³/mol. The van der Waals surface area contributed by atoms with Crippen molar-refractivity contribution in [3.05, 3.63) is 87.4 Å². The number of aromatic nitrogens is 6. The quantitative estimate of drug-likeness (QED) is 0.375. The Hall–Kier alpha value is -4.74. The van der Waals surface area contributed by atoms with Crippen LogP contribution in [0.5, 0.6) is 0 Å². The number of aryl methyl sites for hydroxylation is 3. The number of imidazole rings is 1. The SMILES string of the molecule is Cc1cc(-n2nc3c(c2-n2ccn(-c4ccc5c(cnn5C)c4F)c2=O)[C@H](C)N(C(=O)O)CC3)cc(C)c1F. The summed E-state index contributed by atoms with van der Waals surface area (Å²) in [5, 5.41) is 18.9. The van der Waals surface area contributed by atoms with Gasteiger partial charge in [-0.25, -0.2) is 23.1 Å². The second-order valence-electron chi connectivity index (χ2n) is 9.81. The van der Waals surface area contributed by atoms with Gasteiger partial charge in [-0.15, -0.1) is 0 Å². The maximum absolute atomic E-state index is 15.5. The van der Waals surface area contributed by atoms with Gasteiger partial charge in [-0.05, 0) is 56.2 Å². The molecule has 1 aliphatic rings. The van der Waals surface area contributed by atoms with Gasteiger partial charge < -0.3 is 10.0 Å². The first-order valence-corrected chi connectivity index (χ1v) is 12.4. The third-order valence-corrected chi connectivity index (χ3v) is 7.47. The first-order valence-electron chi connectivity index (χ1n) is 12.4. The molecule has 2 aromatic carbocycles. The number of hydrogen-bond donors (Lipinski definition) is 1. The molecular weight excluding hydrogens is 508 g/mol. The largest absolute Gasteiger partial charge is 0.465 e. The minimum atomic E-state index is -1.09. The zero-order valence-electron chi connectivity index (χ0n) is 21.7. The van der Waals surface area contributed by atoms with Gasteiger partial charge in [-0.1, -0.05) is 0 Å². The zero-order chi connectivity index (χ0) is 27.7. The van der Waals surface area contributed by atoms with E-state index in [2.05, 4.69) is 5.10 Å². The third-order valence-electron chi connectivity index (χ3n) is 7.47. The van der Waals surface area contributed by atoms with E-state index in [1.807, 2.05) is 0 Å². The monoisotopic (exact) mass is 533 g/mol. The van der Waals surface area contributed by atoms with Crippen LogP contribution in [0.4, 0.5) is 13.6 Å². The Morgan fingerprint density at radius 2 is 1.77 bits per heavy atom. The maximum Gasteiger partial charge on any atom is 0.407 e. The summed E-state index contributed by atoms with van der Waals surface area (Å²) in [5.41, 5.74) is 2.59. The first kappa shape index (κ1) is 24.6. The van der Waals surface area contributed by atoms with E-state index in [1.54, 1.807) is 55.4 Å². The van der Waals surface area contributed by atoms with Crippen molar-refractivity contribution in [2.45, 2.75) is 33.2 Å². The van der Waals surface area contributed by atoms with E-state index in [0.717, 1.165) is 0 Å². The smallest absolute Gasteiger partial charge is 0.407 e.